The van der Waals surface area contributed by atoms with Crippen LogP contribution in [0.3, 0.4) is 0 Å². The smallest absolute Gasteiger partial charge is 0.134 e. The van der Waals surface area contributed by atoms with E-state index < -0.39 is 0 Å². The van der Waals surface area contributed by atoms with Crippen molar-refractivity contribution < 1.29 is 0 Å². The largest absolute Gasteiger partial charge is 0.370 e. The number of hydrogen-bond acceptors (Lipinski definition) is 4. The van der Waals surface area contributed by atoms with Gasteiger partial charge in [0.25, 0.3) is 0 Å². The van der Waals surface area contributed by atoms with Gasteiger partial charge in [-0.05, 0) is 31.6 Å². The number of nitrogens with zero attached hydrogens (tertiary/aromatic N) is 2. The van der Waals surface area contributed by atoms with E-state index in [1.54, 1.807) is 6.33 Å². The van der Waals surface area contributed by atoms with Crippen LogP contribution in [0.15, 0.2) is 6.33 Å². The first-order valence-corrected chi connectivity index (χ1v) is 7.57. The summed E-state index contributed by atoms with van der Waals surface area (Å²) < 4.78 is 0. The number of aromatic nitrogens is 2. The second-order valence-electron chi connectivity index (χ2n) is 5.48. The Hall–Kier alpha value is -1.32. The van der Waals surface area contributed by atoms with E-state index in [0.717, 1.165) is 43.0 Å². The highest BCUT2D eigenvalue weighted by molar-refractivity contribution is 5.57. The fraction of sp³-hybridized carbons (Fsp3) is 0.733. The molecule has 1 heterocycles. The van der Waals surface area contributed by atoms with Crippen LogP contribution in [-0.2, 0) is 6.42 Å². The number of anilines is 2. The van der Waals surface area contributed by atoms with Crippen molar-refractivity contribution in [3.8, 4) is 0 Å². The molecule has 0 aromatic carbocycles. The maximum absolute atomic E-state index is 4.42. The quantitative estimate of drug-likeness (QED) is 0.825. The van der Waals surface area contributed by atoms with Crippen molar-refractivity contribution in [2.45, 2.75) is 46.5 Å². The third kappa shape index (κ3) is 3.37. The molecule has 2 unspecified atom stereocenters. The van der Waals surface area contributed by atoms with Crippen LogP contribution >= 0.6 is 0 Å². The van der Waals surface area contributed by atoms with Crippen molar-refractivity contribution in [3.63, 3.8) is 0 Å². The first kappa shape index (κ1) is 14.1. The van der Waals surface area contributed by atoms with Gasteiger partial charge in [0.05, 0.1) is 0 Å². The van der Waals surface area contributed by atoms with Gasteiger partial charge in [-0.3, -0.25) is 0 Å². The molecule has 106 valence electrons. The van der Waals surface area contributed by atoms with Crippen molar-refractivity contribution in [1.29, 1.82) is 0 Å². The number of rotatable bonds is 6. The molecule has 0 saturated heterocycles. The van der Waals surface area contributed by atoms with Gasteiger partial charge >= 0.3 is 0 Å². The minimum absolute atomic E-state index is 0.794. The summed E-state index contributed by atoms with van der Waals surface area (Å²) >= 11 is 0. The molecule has 0 amide bonds. The average molecular weight is 262 g/mol. The molecule has 1 aromatic rings. The minimum Gasteiger partial charge on any atom is -0.370 e. The van der Waals surface area contributed by atoms with Gasteiger partial charge in [-0.15, -0.1) is 0 Å². The zero-order chi connectivity index (χ0) is 13.7. The standard InChI is InChI=1S/C15H26N4/c1-4-13-14(16-5-2)18-10-19-15(13)17-9-12-8-6-7-11(12)3/h10-12H,4-9H2,1-3H3,(H2,16,17,18,19). The van der Waals surface area contributed by atoms with Gasteiger partial charge in [0.15, 0.2) is 0 Å². The first-order chi connectivity index (χ1) is 9.26. The van der Waals surface area contributed by atoms with E-state index in [4.69, 9.17) is 0 Å². The number of hydrogen-bond donors (Lipinski definition) is 2. The predicted molar refractivity (Wildman–Crippen MR) is 80.6 cm³/mol. The van der Waals surface area contributed by atoms with E-state index in [1.165, 1.54) is 24.8 Å². The second-order valence-corrected chi connectivity index (χ2v) is 5.48. The zero-order valence-electron chi connectivity index (χ0n) is 12.4. The molecule has 0 spiro atoms. The zero-order valence-corrected chi connectivity index (χ0v) is 12.4. The van der Waals surface area contributed by atoms with E-state index in [2.05, 4.69) is 41.4 Å². The van der Waals surface area contributed by atoms with Crippen molar-refractivity contribution in [2.75, 3.05) is 23.7 Å². The Morgan fingerprint density at radius 1 is 1.16 bits per heavy atom. The molecule has 1 fully saturated rings. The summed E-state index contributed by atoms with van der Waals surface area (Å²) in [7, 11) is 0. The molecular weight excluding hydrogens is 236 g/mol. The van der Waals surface area contributed by atoms with E-state index in [0.29, 0.717) is 0 Å². The normalized spacial score (nSPS) is 22.5. The molecule has 1 aliphatic carbocycles. The van der Waals surface area contributed by atoms with Gasteiger partial charge in [-0.2, -0.15) is 0 Å². The summed E-state index contributed by atoms with van der Waals surface area (Å²) in [6, 6.07) is 0. The van der Waals surface area contributed by atoms with Crippen LogP contribution in [0.4, 0.5) is 11.6 Å². The average Bonchev–Trinajstić information content (AvgIpc) is 2.82. The molecule has 19 heavy (non-hydrogen) atoms. The van der Waals surface area contributed by atoms with Gasteiger partial charge in [0.1, 0.15) is 18.0 Å². The summed E-state index contributed by atoms with van der Waals surface area (Å²) in [5.41, 5.74) is 1.20. The molecule has 2 N–H and O–H groups in total. The molecule has 4 nitrogen and oxygen atoms in total. The topological polar surface area (TPSA) is 49.8 Å². The monoisotopic (exact) mass is 262 g/mol. The third-order valence-corrected chi connectivity index (χ3v) is 4.21. The van der Waals surface area contributed by atoms with E-state index in [1.807, 2.05) is 0 Å². The maximum Gasteiger partial charge on any atom is 0.134 e. The van der Waals surface area contributed by atoms with Crippen LogP contribution in [0.25, 0.3) is 0 Å². The van der Waals surface area contributed by atoms with Crippen LogP contribution < -0.4 is 10.6 Å². The maximum atomic E-state index is 4.42. The van der Waals surface area contributed by atoms with Gasteiger partial charge in [0.2, 0.25) is 0 Å². The Balaban J connectivity index is 2.04. The summed E-state index contributed by atoms with van der Waals surface area (Å²) in [6.45, 7) is 8.54. The second kappa shape index (κ2) is 6.73. The van der Waals surface area contributed by atoms with Gasteiger partial charge < -0.3 is 10.6 Å². The molecule has 1 saturated carbocycles. The molecular formula is C15H26N4. The summed E-state index contributed by atoms with van der Waals surface area (Å²) in [5.74, 6) is 3.62. The predicted octanol–water partition coefficient (Wildman–Crippen LogP) is 3.32. The number of nitrogens with one attached hydrogen (secondary N) is 2. The molecule has 1 aliphatic rings. The van der Waals surface area contributed by atoms with Crippen molar-refractivity contribution in [1.82, 2.24) is 9.97 Å². The van der Waals surface area contributed by atoms with Gasteiger partial charge in [0, 0.05) is 18.7 Å². The van der Waals surface area contributed by atoms with Crippen LogP contribution in [0.1, 0.15) is 45.6 Å². The summed E-state index contributed by atoms with van der Waals surface area (Å²) in [5, 5.41) is 6.86. The SMILES string of the molecule is CCNc1ncnc(NCC2CCCC2C)c1CC. The van der Waals surface area contributed by atoms with Crippen molar-refractivity contribution in [3.05, 3.63) is 11.9 Å². The van der Waals surface area contributed by atoms with Gasteiger partial charge in [-0.1, -0.05) is 26.7 Å². The lowest BCUT2D eigenvalue weighted by Crippen LogP contribution is -2.18. The lowest BCUT2D eigenvalue weighted by Gasteiger charge is -2.18. The fourth-order valence-corrected chi connectivity index (χ4v) is 2.97. The molecule has 0 aliphatic heterocycles. The third-order valence-electron chi connectivity index (χ3n) is 4.21. The highest BCUT2D eigenvalue weighted by atomic mass is 15.1. The molecule has 4 heteroatoms. The van der Waals surface area contributed by atoms with E-state index in [-0.39, 0.29) is 0 Å². The Morgan fingerprint density at radius 2 is 1.89 bits per heavy atom. The molecule has 0 radical (unpaired) electrons. The van der Waals surface area contributed by atoms with E-state index in [9.17, 15) is 0 Å². The Morgan fingerprint density at radius 3 is 2.47 bits per heavy atom. The summed E-state index contributed by atoms with van der Waals surface area (Å²) in [4.78, 5) is 8.75. The van der Waals surface area contributed by atoms with Gasteiger partial charge in [-0.25, -0.2) is 9.97 Å². The summed E-state index contributed by atoms with van der Waals surface area (Å²) in [6.07, 6.45) is 6.70. The molecule has 2 rings (SSSR count). The molecule has 0 bridgehead atoms. The van der Waals surface area contributed by atoms with Crippen LogP contribution in [0, 0.1) is 11.8 Å². The Bertz CT molecular complexity index is 405. The van der Waals surface area contributed by atoms with Crippen molar-refractivity contribution in [2.24, 2.45) is 11.8 Å². The highest BCUT2D eigenvalue weighted by Crippen LogP contribution is 2.31. The Kier molecular flexibility index (Phi) is 5.00. The minimum atomic E-state index is 0.794. The fourth-order valence-electron chi connectivity index (χ4n) is 2.97. The highest BCUT2D eigenvalue weighted by Gasteiger charge is 2.23. The molecule has 2 atom stereocenters. The van der Waals surface area contributed by atoms with Crippen molar-refractivity contribution >= 4 is 11.6 Å². The lowest BCUT2D eigenvalue weighted by atomic mass is 9.98. The van der Waals surface area contributed by atoms with Crippen LogP contribution in [0.2, 0.25) is 0 Å². The van der Waals surface area contributed by atoms with Crippen LogP contribution in [0.5, 0.6) is 0 Å². The molecule has 1 aromatic heterocycles. The van der Waals surface area contributed by atoms with Crippen LogP contribution in [-0.4, -0.2) is 23.1 Å². The van der Waals surface area contributed by atoms with E-state index >= 15 is 0 Å². The first-order valence-electron chi connectivity index (χ1n) is 7.57. The Labute approximate surface area is 116 Å². The lowest BCUT2D eigenvalue weighted by molar-refractivity contribution is 0.439.